The SMILES string of the molecule is CCOc1cccc(/C(O)=C2\C(=O)C(=O)N(c3cccc(F)c3)C2c2cccc(OC)c2)c1. The van der Waals surface area contributed by atoms with Gasteiger partial charge in [0, 0.05) is 11.3 Å². The zero-order valence-electron chi connectivity index (χ0n) is 18.1. The average molecular weight is 447 g/mol. The summed E-state index contributed by atoms with van der Waals surface area (Å²) in [6, 6.07) is 17.9. The van der Waals surface area contributed by atoms with Gasteiger partial charge >= 0.3 is 0 Å². The Kier molecular flexibility index (Phi) is 6.13. The Hall–Kier alpha value is -4.13. The van der Waals surface area contributed by atoms with Gasteiger partial charge in [0.25, 0.3) is 11.7 Å². The van der Waals surface area contributed by atoms with Crippen molar-refractivity contribution in [2.75, 3.05) is 18.6 Å². The number of ether oxygens (including phenoxy) is 2. The van der Waals surface area contributed by atoms with Crippen molar-refractivity contribution in [2.45, 2.75) is 13.0 Å². The van der Waals surface area contributed by atoms with E-state index in [9.17, 15) is 19.1 Å². The molecule has 6 nitrogen and oxygen atoms in total. The number of ketones is 1. The van der Waals surface area contributed by atoms with Gasteiger partial charge in [0.2, 0.25) is 0 Å². The molecular formula is C26H22FNO5. The van der Waals surface area contributed by atoms with E-state index in [4.69, 9.17) is 9.47 Å². The number of amides is 1. The third kappa shape index (κ3) is 4.17. The van der Waals surface area contributed by atoms with Gasteiger partial charge in [-0.2, -0.15) is 0 Å². The molecule has 0 aliphatic carbocycles. The number of rotatable bonds is 6. The number of halogens is 1. The Morgan fingerprint density at radius 3 is 2.45 bits per heavy atom. The highest BCUT2D eigenvalue weighted by atomic mass is 19.1. The molecule has 0 spiro atoms. The second-order valence-electron chi connectivity index (χ2n) is 7.39. The molecule has 1 unspecified atom stereocenters. The summed E-state index contributed by atoms with van der Waals surface area (Å²) in [5, 5.41) is 11.2. The van der Waals surface area contributed by atoms with Crippen LogP contribution < -0.4 is 14.4 Å². The molecule has 4 rings (SSSR count). The summed E-state index contributed by atoms with van der Waals surface area (Å²) in [6.45, 7) is 2.26. The smallest absolute Gasteiger partial charge is 0.300 e. The van der Waals surface area contributed by atoms with Gasteiger partial charge in [-0.1, -0.05) is 30.3 Å². The monoisotopic (exact) mass is 447 g/mol. The maximum absolute atomic E-state index is 14.0. The summed E-state index contributed by atoms with van der Waals surface area (Å²) in [5.41, 5.74) is 0.949. The van der Waals surface area contributed by atoms with Gasteiger partial charge in [0.05, 0.1) is 25.3 Å². The predicted molar refractivity (Wildman–Crippen MR) is 122 cm³/mol. The van der Waals surface area contributed by atoms with Crippen LogP contribution in [-0.2, 0) is 9.59 Å². The number of benzene rings is 3. The molecule has 1 aliphatic rings. The Morgan fingerprint density at radius 1 is 1.00 bits per heavy atom. The number of aliphatic hydroxyl groups is 1. The summed E-state index contributed by atoms with van der Waals surface area (Å²) in [4.78, 5) is 27.5. The number of carbonyl (C=O) groups excluding carboxylic acids is 2. The van der Waals surface area contributed by atoms with E-state index in [1.807, 2.05) is 6.92 Å². The van der Waals surface area contributed by atoms with Crippen LogP contribution in [0.3, 0.4) is 0 Å². The minimum absolute atomic E-state index is 0.105. The quantitative estimate of drug-likeness (QED) is 0.332. The summed E-state index contributed by atoms with van der Waals surface area (Å²) in [6.07, 6.45) is 0. The standard InChI is InChI=1S/C26H22FNO5/c1-3-33-21-12-5-8-17(14-21)24(29)22-23(16-7-4-11-20(13-16)32-2)28(26(31)25(22)30)19-10-6-9-18(27)15-19/h4-15,23,29H,3H2,1-2H3/b24-22+. The van der Waals surface area contributed by atoms with Crippen molar-refractivity contribution in [2.24, 2.45) is 0 Å². The molecule has 0 radical (unpaired) electrons. The van der Waals surface area contributed by atoms with Crippen LogP contribution in [0, 0.1) is 5.82 Å². The molecule has 1 saturated heterocycles. The first-order valence-corrected chi connectivity index (χ1v) is 10.4. The highest BCUT2D eigenvalue weighted by Gasteiger charge is 2.47. The van der Waals surface area contributed by atoms with Crippen molar-refractivity contribution >= 4 is 23.1 Å². The lowest BCUT2D eigenvalue weighted by Crippen LogP contribution is -2.29. The van der Waals surface area contributed by atoms with Crippen molar-refractivity contribution in [3.63, 3.8) is 0 Å². The van der Waals surface area contributed by atoms with Crippen LogP contribution in [0.4, 0.5) is 10.1 Å². The van der Waals surface area contributed by atoms with Crippen LogP contribution in [0.1, 0.15) is 24.1 Å². The Bertz CT molecular complexity index is 1250. The first kappa shape index (κ1) is 22.1. The van der Waals surface area contributed by atoms with E-state index in [1.54, 1.807) is 48.5 Å². The number of nitrogens with zero attached hydrogens (tertiary/aromatic N) is 1. The van der Waals surface area contributed by atoms with Gasteiger partial charge in [-0.15, -0.1) is 0 Å². The highest BCUT2D eigenvalue weighted by molar-refractivity contribution is 6.51. The third-order valence-electron chi connectivity index (χ3n) is 5.36. The van der Waals surface area contributed by atoms with Crippen molar-refractivity contribution in [3.8, 4) is 11.5 Å². The molecule has 1 heterocycles. The minimum Gasteiger partial charge on any atom is -0.507 e. The molecule has 33 heavy (non-hydrogen) atoms. The van der Waals surface area contributed by atoms with Crippen molar-refractivity contribution in [1.29, 1.82) is 0 Å². The molecule has 0 saturated carbocycles. The first-order chi connectivity index (χ1) is 15.9. The molecule has 3 aromatic rings. The fourth-order valence-electron chi connectivity index (χ4n) is 3.91. The normalized spacial score (nSPS) is 17.3. The Morgan fingerprint density at radius 2 is 1.73 bits per heavy atom. The average Bonchev–Trinajstić information content (AvgIpc) is 3.09. The van der Waals surface area contributed by atoms with Crippen LogP contribution in [0.5, 0.6) is 11.5 Å². The second-order valence-corrected chi connectivity index (χ2v) is 7.39. The van der Waals surface area contributed by atoms with Gasteiger partial charge in [0.1, 0.15) is 23.1 Å². The molecule has 7 heteroatoms. The zero-order chi connectivity index (χ0) is 23.5. The van der Waals surface area contributed by atoms with Gasteiger partial charge < -0.3 is 14.6 Å². The molecular weight excluding hydrogens is 425 g/mol. The number of carbonyl (C=O) groups is 2. The number of methoxy groups -OCH3 is 1. The van der Waals surface area contributed by atoms with Crippen molar-refractivity contribution in [1.82, 2.24) is 0 Å². The molecule has 168 valence electrons. The summed E-state index contributed by atoms with van der Waals surface area (Å²) in [5.74, 6) is -1.61. The third-order valence-corrected chi connectivity index (χ3v) is 5.36. The van der Waals surface area contributed by atoms with Crippen molar-refractivity contribution < 1.29 is 28.6 Å². The van der Waals surface area contributed by atoms with Gasteiger partial charge in [0.15, 0.2) is 0 Å². The maximum atomic E-state index is 14.0. The van der Waals surface area contributed by atoms with E-state index in [0.717, 1.165) is 0 Å². The highest BCUT2D eigenvalue weighted by Crippen LogP contribution is 2.43. The molecule has 1 atom stereocenters. The lowest BCUT2D eigenvalue weighted by atomic mass is 9.95. The predicted octanol–water partition coefficient (Wildman–Crippen LogP) is 4.86. The van der Waals surface area contributed by atoms with E-state index in [1.165, 1.54) is 36.3 Å². The minimum atomic E-state index is -0.988. The first-order valence-electron chi connectivity index (χ1n) is 10.4. The van der Waals surface area contributed by atoms with Crippen LogP contribution >= 0.6 is 0 Å². The number of Topliss-reactive ketones (excluding diaryl/α,β-unsaturated/α-hetero) is 1. The van der Waals surface area contributed by atoms with Gasteiger partial charge in [-0.05, 0) is 55.0 Å². The topological polar surface area (TPSA) is 76.1 Å². The fourth-order valence-corrected chi connectivity index (χ4v) is 3.91. The Labute approximate surface area is 190 Å². The molecule has 1 aliphatic heterocycles. The molecule has 0 aromatic heterocycles. The van der Waals surface area contributed by atoms with E-state index in [2.05, 4.69) is 0 Å². The largest absolute Gasteiger partial charge is 0.507 e. The Balaban J connectivity index is 1.94. The number of anilines is 1. The maximum Gasteiger partial charge on any atom is 0.300 e. The van der Waals surface area contributed by atoms with Crippen LogP contribution in [0.15, 0.2) is 78.4 Å². The number of aliphatic hydroxyl groups excluding tert-OH is 1. The van der Waals surface area contributed by atoms with Crippen LogP contribution in [-0.4, -0.2) is 30.5 Å². The van der Waals surface area contributed by atoms with E-state index >= 15 is 0 Å². The zero-order valence-corrected chi connectivity index (χ0v) is 18.1. The van der Waals surface area contributed by atoms with E-state index < -0.39 is 23.5 Å². The molecule has 1 amide bonds. The van der Waals surface area contributed by atoms with Crippen LogP contribution in [0.2, 0.25) is 0 Å². The molecule has 1 N–H and O–H groups in total. The molecule has 3 aromatic carbocycles. The summed E-state index contributed by atoms with van der Waals surface area (Å²) in [7, 11) is 1.50. The molecule has 0 bridgehead atoms. The van der Waals surface area contributed by atoms with Crippen molar-refractivity contribution in [3.05, 3.63) is 95.3 Å². The molecule has 1 fully saturated rings. The van der Waals surface area contributed by atoms with E-state index in [0.29, 0.717) is 29.2 Å². The summed E-state index contributed by atoms with van der Waals surface area (Å²) < 4.78 is 24.8. The second kappa shape index (κ2) is 9.16. The number of hydrogen-bond acceptors (Lipinski definition) is 5. The fraction of sp³-hybridized carbons (Fsp3) is 0.154. The van der Waals surface area contributed by atoms with E-state index in [-0.39, 0.29) is 17.0 Å². The van der Waals surface area contributed by atoms with Gasteiger partial charge in [-0.3, -0.25) is 14.5 Å². The lowest BCUT2D eigenvalue weighted by molar-refractivity contribution is -0.132. The lowest BCUT2D eigenvalue weighted by Gasteiger charge is -2.25. The summed E-state index contributed by atoms with van der Waals surface area (Å²) >= 11 is 0. The van der Waals surface area contributed by atoms with Crippen LogP contribution in [0.25, 0.3) is 5.76 Å². The van der Waals surface area contributed by atoms with Gasteiger partial charge in [-0.25, -0.2) is 4.39 Å². The number of hydrogen-bond donors (Lipinski definition) is 1.